The third-order valence-corrected chi connectivity index (χ3v) is 3.71. The van der Waals surface area contributed by atoms with Gasteiger partial charge in [-0.15, -0.1) is 0 Å². The molecule has 0 atom stereocenters. The van der Waals surface area contributed by atoms with Gasteiger partial charge in [-0.1, -0.05) is 0 Å². The molecule has 3 N–H and O–H groups in total. The lowest BCUT2D eigenvalue weighted by molar-refractivity contribution is 0.100. The number of carbonyl (C=O) groups excluding carboxylic acids is 1. The third-order valence-electron chi connectivity index (χ3n) is 3.71. The molecule has 0 radical (unpaired) electrons. The zero-order valence-electron chi connectivity index (χ0n) is 10.4. The van der Waals surface area contributed by atoms with Gasteiger partial charge in [0.05, 0.1) is 5.56 Å². The van der Waals surface area contributed by atoms with Crippen LogP contribution in [0.5, 0.6) is 0 Å². The molecule has 96 valence electrons. The summed E-state index contributed by atoms with van der Waals surface area (Å²) in [5, 5.41) is 3.30. The van der Waals surface area contributed by atoms with Crippen LogP contribution in [0.1, 0.15) is 28.0 Å². The number of nitrogens with one attached hydrogen (secondary N) is 1. The first-order valence-electron chi connectivity index (χ1n) is 6.54. The number of anilines is 1. The highest BCUT2D eigenvalue weighted by atomic mass is 16.1. The van der Waals surface area contributed by atoms with E-state index in [0.717, 1.165) is 57.0 Å². The summed E-state index contributed by atoms with van der Waals surface area (Å²) in [5.74, 6) is 0.412. The number of aromatic nitrogens is 1. The van der Waals surface area contributed by atoms with Crippen LogP contribution in [0.3, 0.4) is 0 Å². The lowest BCUT2D eigenvalue weighted by Crippen LogP contribution is -2.44. The minimum absolute atomic E-state index is 0.370. The van der Waals surface area contributed by atoms with Gasteiger partial charge in [0.15, 0.2) is 0 Å². The van der Waals surface area contributed by atoms with Crippen LogP contribution in [0, 0.1) is 0 Å². The van der Waals surface area contributed by atoms with Crippen LogP contribution >= 0.6 is 0 Å². The number of nitrogens with two attached hydrogens (primary N) is 1. The van der Waals surface area contributed by atoms with Crippen molar-refractivity contribution in [2.45, 2.75) is 19.3 Å². The Morgan fingerprint density at radius 1 is 1.33 bits per heavy atom. The fourth-order valence-corrected chi connectivity index (χ4v) is 2.76. The second-order valence-corrected chi connectivity index (χ2v) is 4.92. The smallest absolute Gasteiger partial charge is 0.252 e. The topological polar surface area (TPSA) is 71.2 Å². The normalized spacial score (nSPS) is 18.8. The first-order chi connectivity index (χ1) is 8.75. The summed E-state index contributed by atoms with van der Waals surface area (Å²) in [6.45, 7) is 3.62. The molecular formula is C13H18N4O. The third kappa shape index (κ3) is 1.95. The molecule has 1 aliphatic heterocycles. The number of piperazine rings is 1. The fourth-order valence-electron chi connectivity index (χ4n) is 2.76. The van der Waals surface area contributed by atoms with E-state index in [1.807, 2.05) is 6.07 Å². The lowest BCUT2D eigenvalue weighted by Gasteiger charge is -2.30. The Kier molecular flexibility index (Phi) is 2.91. The molecule has 0 bridgehead atoms. The van der Waals surface area contributed by atoms with E-state index in [9.17, 15) is 4.79 Å². The first kappa shape index (κ1) is 11.5. The number of fused-ring (bicyclic) bond motifs is 1. The molecule has 0 aromatic carbocycles. The minimum atomic E-state index is -0.370. The molecule has 5 nitrogen and oxygen atoms in total. The summed E-state index contributed by atoms with van der Waals surface area (Å²) >= 11 is 0. The Hall–Kier alpha value is -1.62. The summed E-state index contributed by atoms with van der Waals surface area (Å²) in [7, 11) is 0. The number of hydrogen-bond donors (Lipinski definition) is 2. The van der Waals surface area contributed by atoms with Crippen molar-refractivity contribution in [2.24, 2.45) is 5.73 Å². The number of pyridine rings is 1. The average Bonchev–Trinajstić information content (AvgIpc) is 2.85. The van der Waals surface area contributed by atoms with Gasteiger partial charge in [-0.2, -0.15) is 0 Å². The van der Waals surface area contributed by atoms with Crippen LogP contribution in [-0.2, 0) is 12.8 Å². The molecule has 1 amide bonds. The second kappa shape index (κ2) is 4.57. The molecule has 2 heterocycles. The first-order valence-corrected chi connectivity index (χ1v) is 6.54. The number of hydrogen-bond acceptors (Lipinski definition) is 4. The van der Waals surface area contributed by atoms with Gasteiger partial charge in [0.2, 0.25) is 0 Å². The summed E-state index contributed by atoms with van der Waals surface area (Å²) < 4.78 is 0. The summed E-state index contributed by atoms with van der Waals surface area (Å²) in [6.07, 6.45) is 3.17. The number of nitrogens with zero attached hydrogens (tertiary/aromatic N) is 2. The zero-order chi connectivity index (χ0) is 12.5. The maximum atomic E-state index is 11.6. The highest BCUT2D eigenvalue weighted by Gasteiger charge is 2.23. The van der Waals surface area contributed by atoms with Crippen LogP contribution in [0.2, 0.25) is 0 Å². The summed E-state index contributed by atoms with van der Waals surface area (Å²) in [5.41, 5.74) is 8.42. The van der Waals surface area contributed by atoms with E-state index in [2.05, 4.69) is 10.2 Å². The van der Waals surface area contributed by atoms with Crippen LogP contribution in [-0.4, -0.2) is 37.1 Å². The minimum Gasteiger partial charge on any atom is -0.365 e. The van der Waals surface area contributed by atoms with Crippen LogP contribution < -0.4 is 16.0 Å². The van der Waals surface area contributed by atoms with Crippen molar-refractivity contribution in [3.8, 4) is 0 Å². The van der Waals surface area contributed by atoms with Crippen molar-refractivity contribution in [2.75, 3.05) is 31.1 Å². The highest BCUT2D eigenvalue weighted by molar-refractivity contribution is 5.98. The number of carbonyl (C=O) groups is 1. The quantitative estimate of drug-likeness (QED) is 0.775. The largest absolute Gasteiger partial charge is 0.365 e. The SMILES string of the molecule is NC(=O)c1cc2c(nc1N1CCNCC1)CCC2. The monoisotopic (exact) mass is 246 g/mol. The van der Waals surface area contributed by atoms with E-state index < -0.39 is 0 Å². The Morgan fingerprint density at radius 2 is 2.11 bits per heavy atom. The van der Waals surface area contributed by atoms with Crippen molar-refractivity contribution >= 4 is 11.7 Å². The van der Waals surface area contributed by atoms with Crippen LogP contribution in [0.15, 0.2) is 6.07 Å². The van der Waals surface area contributed by atoms with E-state index in [0.29, 0.717) is 5.56 Å². The predicted molar refractivity (Wildman–Crippen MR) is 69.9 cm³/mol. The van der Waals surface area contributed by atoms with E-state index >= 15 is 0 Å². The molecule has 5 heteroatoms. The van der Waals surface area contributed by atoms with Crippen molar-refractivity contribution in [3.05, 3.63) is 22.9 Å². The number of rotatable bonds is 2. The molecule has 3 rings (SSSR count). The number of primary amides is 1. The van der Waals surface area contributed by atoms with Crippen LogP contribution in [0.4, 0.5) is 5.82 Å². The molecule has 1 aromatic heterocycles. The second-order valence-electron chi connectivity index (χ2n) is 4.92. The molecule has 1 fully saturated rings. The van der Waals surface area contributed by atoms with Crippen molar-refractivity contribution in [3.63, 3.8) is 0 Å². The average molecular weight is 246 g/mol. The maximum absolute atomic E-state index is 11.6. The van der Waals surface area contributed by atoms with E-state index in [1.165, 1.54) is 5.56 Å². The van der Waals surface area contributed by atoms with Crippen molar-refractivity contribution < 1.29 is 4.79 Å². The lowest BCUT2D eigenvalue weighted by atomic mass is 10.1. The Labute approximate surface area is 106 Å². The fraction of sp³-hybridized carbons (Fsp3) is 0.538. The van der Waals surface area contributed by atoms with Gasteiger partial charge >= 0.3 is 0 Å². The van der Waals surface area contributed by atoms with Crippen molar-refractivity contribution in [1.29, 1.82) is 0 Å². The maximum Gasteiger partial charge on any atom is 0.252 e. The predicted octanol–water partition coefficient (Wildman–Crippen LogP) is 0.0788. The van der Waals surface area contributed by atoms with Gasteiger partial charge in [-0.05, 0) is 30.9 Å². The molecule has 1 aliphatic carbocycles. The van der Waals surface area contributed by atoms with Gasteiger partial charge < -0.3 is 16.0 Å². The molecular weight excluding hydrogens is 228 g/mol. The zero-order valence-corrected chi connectivity index (χ0v) is 10.4. The standard InChI is InChI=1S/C13H18N4O/c14-12(18)10-8-9-2-1-3-11(9)16-13(10)17-6-4-15-5-7-17/h8,15H,1-7H2,(H2,14,18). The van der Waals surface area contributed by atoms with E-state index in [4.69, 9.17) is 10.7 Å². The summed E-state index contributed by atoms with van der Waals surface area (Å²) in [4.78, 5) is 18.5. The van der Waals surface area contributed by atoms with Gasteiger partial charge in [0.25, 0.3) is 5.91 Å². The van der Waals surface area contributed by atoms with Crippen molar-refractivity contribution in [1.82, 2.24) is 10.3 Å². The van der Waals surface area contributed by atoms with Gasteiger partial charge in [0.1, 0.15) is 5.82 Å². The number of aryl methyl sites for hydroxylation is 2. The summed E-state index contributed by atoms with van der Waals surface area (Å²) in [6, 6.07) is 1.95. The Balaban J connectivity index is 2.02. The van der Waals surface area contributed by atoms with Gasteiger partial charge in [-0.25, -0.2) is 4.98 Å². The molecule has 1 saturated heterocycles. The van der Waals surface area contributed by atoms with E-state index in [-0.39, 0.29) is 5.91 Å². The molecule has 0 spiro atoms. The van der Waals surface area contributed by atoms with Gasteiger partial charge in [0, 0.05) is 31.9 Å². The van der Waals surface area contributed by atoms with Gasteiger partial charge in [-0.3, -0.25) is 4.79 Å². The highest BCUT2D eigenvalue weighted by Crippen LogP contribution is 2.27. The number of amides is 1. The Bertz CT molecular complexity index is 480. The molecule has 2 aliphatic rings. The van der Waals surface area contributed by atoms with Crippen LogP contribution in [0.25, 0.3) is 0 Å². The molecule has 0 saturated carbocycles. The Morgan fingerprint density at radius 3 is 2.83 bits per heavy atom. The molecule has 1 aromatic rings. The molecule has 0 unspecified atom stereocenters. The van der Waals surface area contributed by atoms with E-state index in [1.54, 1.807) is 0 Å². The molecule has 18 heavy (non-hydrogen) atoms.